The molecule has 0 spiro atoms. The van der Waals surface area contributed by atoms with Crippen molar-refractivity contribution in [3.63, 3.8) is 0 Å². The Kier molecular flexibility index (Phi) is 4.75. The molecule has 1 fully saturated rings. The van der Waals surface area contributed by atoms with Gasteiger partial charge in [-0.15, -0.1) is 10.2 Å². The molecule has 0 unspecified atom stereocenters. The summed E-state index contributed by atoms with van der Waals surface area (Å²) in [5, 5.41) is 10.1. The summed E-state index contributed by atoms with van der Waals surface area (Å²) in [6, 6.07) is 15.8. The van der Waals surface area contributed by atoms with Gasteiger partial charge in [-0.2, -0.15) is 0 Å². The van der Waals surface area contributed by atoms with Crippen molar-refractivity contribution in [2.24, 2.45) is 0 Å². The molecule has 3 heterocycles. The fourth-order valence-corrected chi connectivity index (χ4v) is 5.90. The van der Waals surface area contributed by atoms with Gasteiger partial charge in [0.15, 0.2) is 5.16 Å². The number of hydrogen-bond acceptors (Lipinski definition) is 5. The van der Waals surface area contributed by atoms with Gasteiger partial charge in [0.1, 0.15) is 0 Å². The molecule has 0 bridgehead atoms. The predicted octanol–water partition coefficient (Wildman–Crippen LogP) is 3.84. The number of benzene rings is 2. The summed E-state index contributed by atoms with van der Waals surface area (Å²) in [5.41, 5.74) is 3.00. The molecule has 32 heavy (non-hydrogen) atoms. The summed E-state index contributed by atoms with van der Waals surface area (Å²) >= 11 is 1.38. The minimum Gasteiger partial charge on any atom is -0.311 e. The zero-order valence-electron chi connectivity index (χ0n) is 17.6. The van der Waals surface area contributed by atoms with Gasteiger partial charge in [-0.05, 0) is 43.0 Å². The topological polar surface area (TPSA) is 72.5 Å². The lowest BCUT2D eigenvalue weighted by atomic mass is 10.2. The number of para-hydroxylation sites is 2. The van der Waals surface area contributed by atoms with Gasteiger partial charge < -0.3 is 4.90 Å². The maximum atomic E-state index is 13.3. The number of hydrogen-bond donors (Lipinski definition) is 0. The average Bonchev–Trinajstić information content (AvgIpc) is 3.58. The Hall–Kier alpha value is -3.13. The summed E-state index contributed by atoms with van der Waals surface area (Å²) in [5.74, 6) is 0.902. The second-order valence-electron chi connectivity index (χ2n) is 8.46. The third kappa shape index (κ3) is 3.04. The smallest absolute Gasteiger partial charge is 0.263 e. The Morgan fingerprint density at radius 2 is 1.81 bits per heavy atom. The van der Waals surface area contributed by atoms with Crippen LogP contribution in [-0.2, 0) is 11.2 Å². The first-order chi connectivity index (χ1) is 15.7. The van der Waals surface area contributed by atoms with E-state index in [1.165, 1.54) is 17.3 Å². The maximum absolute atomic E-state index is 13.3. The molecule has 7 nitrogen and oxygen atoms in total. The largest absolute Gasteiger partial charge is 0.311 e. The number of amides is 1. The van der Waals surface area contributed by atoms with E-state index in [4.69, 9.17) is 0 Å². The number of carbonyl (C=O) groups excluding carboxylic acids is 1. The fourth-order valence-electron chi connectivity index (χ4n) is 5.09. The van der Waals surface area contributed by atoms with Crippen LogP contribution >= 0.6 is 11.8 Å². The molecule has 0 radical (unpaired) electrons. The molecule has 1 amide bonds. The molecule has 2 aromatic heterocycles. The van der Waals surface area contributed by atoms with Crippen molar-refractivity contribution < 1.29 is 4.79 Å². The lowest BCUT2D eigenvalue weighted by Gasteiger charge is -2.17. The van der Waals surface area contributed by atoms with E-state index in [0.29, 0.717) is 22.9 Å². The van der Waals surface area contributed by atoms with E-state index in [0.717, 1.165) is 43.3 Å². The van der Waals surface area contributed by atoms with Gasteiger partial charge in [-0.25, -0.2) is 0 Å². The van der Waals surface area contributed by atoms with E-state index < -0.39 is 0 Å². The Labute approximate surface area is 189 Å². The average molecular weight is 446 g/mol. The van der Waals surface area contributed by atoms with Crippen molar-refractivity contribution in [1.29, 1.82) is 0 Å². The van der Waals surface area contributed by atoms with Crippen LogP contribution in [0, 0.1) is 0 Å². The Morgan fingerprint density at radius 3 is 2.69 bits per heavy atom. The van der Waals surface area contributed by atoms with Crippen molar-refractivity contribution in [2.75, 3.05) is 17.2 Å². The molecular formula is C24H23N5O2S. The lowest BCUT2D eigenvalue weighted by Crippen LogP contribution is -2.30. The molecule has 0 saturated heterocycles. The van der Waals surface area contributed by atoms with Crippen LogP contribution in [0.2, 0.25) is 0 Å². The second kappa shape index (κ2) is 7.78. The number of rotatable bonds is 4. The Morgan fingerprint density at radius 1 is 1.03 bits per heavy atom. The molecule has 8 heteroatoms. The molecule has 0 atom stereocenters. The molecule has 162 valence electrons. The molecule has 2 aliphatic rings. The zero-order valence-corrected chi connectivity index (χ0v) is 18.4. The van der Waals surface area contributed by atoms with Gasteiger partial charge in [-0.1, -0.05) is 54.9 Å². The van der Waals surface area contributed by atoms with E-state index in [-0.39, 0.29) is 23.3 Å². The molecule has 1 aliphatic carbocycles. The van der Waals surface area contributed by atoms with Crippen molar-refractivity contribution in [3.8, 4) is 0 Å². The normalized spacial score (nSPS) is 16.3. The van der Waals surface area contributed by atoms with Crippen LogP contribution in [-0.4, -0.2) is 37.4 Å². The van der Waals surface area contributed by atoms with E-state index >= 15 is 0 Å². The highest BCUT2D eigenvalue weighted by Crippen LogP contribution is 2.32. The number of thioether (sulfide) groups is 1. The van der Waals surface area contributed by atoms with Crippen LogP contribution < -0.4 is 10.5 Å². The van der Waals surface area contributed by atoms with Crippen molar-refractivity contribution in [1.82, 2.24) is 19.2 Å². The third-order valence-electron chi connectivity index (χ3n) is 6.63. The zero-order chi connectivity index (χ0) is 21.7. The monoisotopic (exact) mass is 445 g/mol. The molecule has 1 saturated carbocycles. The molecule has 6 rings (SSSR count). The van der Waals surface area contributed by atoms with E-state index in [2.05, 4.69) is 16.3 Å². The number of anilines is 1. The molecular weight excluding hydrogens is 422 g/mol. The number of carbonyl (C=O) groups is 1. The second-order valence-corrected chi connectivity index (χ2v) is 9.40. The summed E-state index contributed by atoms with van der Waals surface area (Å²) in [6.45, 7) is 0.712. The van der Waals surface area contributed by atoms with E-state index in [1.807, 2.05) is 56.3 Å². The number of fused-ring (bicyclic) bond motifs is 4. The Balaban J connectivity index is 1.38. The van der Waals surface area contributed by atoms with Gasteiger partial charge in [0.2, 0.25) is 11.7 Å². The SMILES string of the molecule is O=C(CSc1nnc2n(C3CCCC3)c(=O)c3ccccc3n12)N1CCc2ccccc21. The summed E-state index contributed by atoms with van der Waals surface area (Å²) in [7, 11) is 0. The van der Waals surface area contributed by atoms with Crippen LogP contribution in [0.15, 0.2) is 58.5 Å². The third-order valence-corrected chi connectivity index (χ3v) is 7.54. The van der Waals surface area contributed by atoms with Gasteiger partial charge >= 0.3 is 0 Å². The summed E-state index contributed by atoms with van der Waals surface area (Å²) < 4.78 is 3.77. The first kappa shape index (κ1) is 19.5. The summed E-state index contributed by atoms with van der Waals surface area (Å²) in [4.78, 5) is 28.2. The van der Waals surface area contributed by atoms with Gasteiger partial charge in [0, 0.05) is 18.3 Å². The predicted molar refractivity (Wildman–Crippen MR) is 125 cm³/mol. The first-order valence-electron chi connectivity index (χ1n) is 11.1. The van der Waals surface area contributed by atoms with Crippen LogP contribution in [0.1, 0.15) is 37.3 Å². The highest BCUT2D eigenvalue weighted by atomic mass is 32.2. The van der Waals surface area contributed by atoms with Crippen LogP contribution in [0.25, 0.3) is 16.7 Å². The number of aromatic nitrogens is 4. The first-order valence-corrected chi connectivity index (χ1v) is 12.1. The minimum absolute atomic E-state index is 0.00583. The Bertz CT molecular complexity index is 1400. The summed E-state index contributed by atoms with van der Waals surface area (Å²) in [6.07, 6.45) is 5.10. The lowest BCUT2D eigenvalue weighted by molar-refractivity contribution is -0.116. The van der Waals surface area contributed by atoms with Crippen molar-refractivity contribution in [2.45, 2.75) is 43.3 Å². The molecule has 1 aliphatic heterocycles. The maximum Gasteiger partial charge on any atom is 0.263 e. The van der Waals surface area contributed by atoms with Gasteiger partial charge in [0.05, 0.1) is 16.7 Å². The van der Waals surface area contributed by atoms with E-state index in [1.54, 1.807) is 0 Å². The molecule has 2 aromatic carbocycles. The quantitative estimate of drug-likeness (QED) is 0.446. The van der Waals surface area contributed by atoms with Gasteiger partial charge in [0.25, 0.3) is 5.56 Å². The molecule has 0 N–H and O–H groups in total. The standard InChI is InChI=1S/C24H23N5O2S/c30-21(27-14-13-16-7-1-5-11-19(16)27)15-32-24-26-25-23-28(17-8-2-3-9-17)22(31)18-10-4-6-12-20(18)29(23)24/h1,4-7,10-12,17H,2-3,8-9,13-15H2. The van der Waals surface area contributed by atoms with Gasteiger partial charge in [-0.3, -0.25) is 18.6 Å². The molecule has 4 aromatic rings. The van der Waals surface area contributed by atoms with E-state index in [9.17, 15) is 9.59 Å². The van der Waals surface area contributed by atoms with Crippen LogP contribution in [0.4, 0.5) is 5.69 Å². The van der Waals surface area contributed by atoms with Crippen LogP contribution in [0.3, 0.4) is 0 Å². The van der Waals surface area contributed by atoms with Crippen molar-refractivity contribution in [3.05, 3.63) is 64.4 Å². The van der Waals surface area contributed by atoms with Crippen LogP contribution in [0.5, 0.6) is 0 Å². The van der Waals surface area contributed by atoms with Crippen molar-refractivity contribution >= 4 is 40.0 Å². The highest BCUT2D eigenvalue weighted by Gasteiger charge is 2.27. The fraction of sp³-hybridized carbons (Fsp3) is 0.333. The number of nitrogens with zero attached hydrogens (tertiary/aromatic N) is 5. The minimum atomic E-state index is -0.00583. The highest BCUT2D eigenvalue weighted by molar-refractivity contribution is 7.99.